The van der Waals surface area contributed by atoms with Gasteiger partial charge in [0, 0.05) is 0 Å². The van der Waals surface area contributed by atoms with Crippen LogP contribution in [0.3, 0.4) is 0 Å². The monoisotopic (exact) mass is 200 g/mol. The van der Waals surface area contributed by atoms with Crippen LogP contribution < -0.4 is 0 Å². The third kappa shape index (κ3) is 7.10. The summed E-state index contributed by atoms with van der Waals surface area (Å²) in [6, 6.07) is 0. The Balaban J connectivity index is 3.58. The van der Waals surface area contributed by atoms with E-state index in [2.05, 4.69) is 13.8 Å². The number of aliphatic hydroxyl groups is 2. The van der Waals surface area contributed by atoms with Crippen molar-refractivity contribution < 1.29 is 10.2 Å². The summed E-state index contributed by atoms with van der Waals surface area (Å²) >= 11 is 0. The largest absolute Gasteiger partial charge is 0.390 e. The van der Waals surface area contributed by atoms with E-state index >= 15 is 0 Å². The van der Waals surface area contributed by atoms with Gasteiger partial charge in [-0.1, -0.05) is 51.7 Å². The number of hydrogen-bond donors (Lipinski definition) is 2. The summed E-state index contributed by atoms with van der Waals surface area (Å²) in [5.41, 5.74) is 0. The molecule has 84 valence electrons. The third-order valence-corrected chi connectivity index (χ3v) is 2.29. The van der Waals surface area contributed by atoms with Crippen LogP contribution in [0.5, 0.6) is 0 Å². The van der Waals surface area contributed by atoms with Gasteiger partial charge in [0.05, 0.1) is 12.2 Å². The van der Waals surface area contributed by atoms with E-state index in [1.165, 1.54) is 0 Å². The van der Waals surface area contributed by atoms with E-state index in [-0.39, 0.29) is 0 Å². The number of aliphatic hydroxyl groups excluding tert-OH is 2. The topological polar surface area (TPSA) is 40.5 Å². The van der Waals surface area contributed by atoms with E-state index in [0.717, 1.165) is 32.1 Å². The van der Waals surface area contributed by atoms with Crippen molar-refractivity contribution in [1.29, 1.82) is 0 Å². The molecule has 0 aromatic rings. The zero-order valence-corrected chi connectivity index (χ0v) is 9.45. The van der Waals surface area contributed by atoms with Gasteiger partial charge in [-0.2, -0.15) is 0 Å². The van der Waals surface area contributed by atoms with Gasteiger partial charge in [0.2, 0.25) is 0 Å². The molecular formula is C12H24O2. The van der Waals surface area contributed by atoms with Gasteiger partial charge in [0.1, 0.15) is 0 Å². The van der Waals surface area contributed by atoms with Crippen molar-refractivity contribution in [1.82, 2.24) is 0 Å². The van der Waals surface area contributed by atoms with E-state index in [4.69, 9.17) is 0 Å². The maximum absolute atomic E-state index is 9.54. The predicted molar refractivity (Wildman–Crippen MR) is 60.2 cm³/mol. The van der Waals surface area contributed by atoms with Crippen LogP contribution in [0.15, 0.2) is 12.2 Å². The Morgan fingerprint density at radius 2 is 1.79 bits per heavy atom. The minimum atomic E-state index is -0.682. The van der Waals surface area contributed by atoms with Crippen molar-refractivity contribution in [3.8, 4) is 0 Å². The highest BCUT2D eigenvalue weighted by molar-refractivity contribution is 4.91. The molecular weight excluding hydrogens is 176 g/mol. The Kier molecular flexibility index (Phi) is 9.00. The Labute approximate surface area is 87.7 Å². The fraction of sp³-hybridized carbons (Fsp3) is 0.833. The van der Waals surface area contributed by atoms with Gasteiger partial charge in [0.15, 0.2) is 0 Å². The van der Waals surface area contributed by atoms with Crippen LogP contribution in [0.25, 0.3) is 0 Å². The average Bonchev–Trinajstić information content (AvgIpc) is 2.18. The lowest BCUT2D eigenvalue weighted by Crippen LogP contribution is -2.23. The Bertz CT molecular complexity index is 143. The first-order valence-electron chi connectivity index (χ1n) is 5.75. The standard InChI is InChI=1S/C12H24O2/c1-3-5-7-9-11(13)12(14)10-8-6-4-2/h7,9,11-14H,3-6,8,10H2,1-2H3. The Morgan fingerprint density at radius 1 is 1.07 bits per heavy atom. The molecule has 0 aliphatic heterocycles. The van der Waals surface area contributed by atoms with Crippen LogP contribution >= 0.6 is 0 Å². The second-order valence-electron chi connectivity index (χ2n) is 3.77. The molecule has 14 heavy (non-hydrogen) atoms. The number of rotatable bonds is 8. The van der Waals surface area contributed by atoms with E-state index in [0.29, 0.717) is 6.42 Å². The second kappa shape index (κ2) is 9.22. The van der Waals surface area contributed by atoms with Crippen LogP contribution in [-0.4, -0.2) is 22.4 Å². The molecule has 0 radical (unpaired) electrons. The van der Waals surface area contributed by atoms with Gasteiger partial charge >= 0.3 is 0 Å². The van der Waals surface area contributed by atoms with E-state index in [1.54, 1.807) is 6.08 Å². The molecule has 0 saturated heterocycles. The molecule has 2 unspecified atom stereocenters. The minimum absolute atomic E-state index is 0.588. The SMILES string of the molecule is CCCC=CC(O)C(O)CCCCC. The molecule has 0 fully saturated rings. The van der Waals surface area contributed by atoms with Crippen LogP contribution in [0.4, 0.5) is 0 Å². The lowest BCUT2D eigenvalue weighted by molar-refractivity contribution is 0.0414. The van der Waals surface area contributed by atoms with Crippen LogP contribution in [0, 0.1) is 0 Å². The highest BCUT2D eigenvalue weighted by atomic mass is 16.3. The Morgan fingerprint density at radius 3 is 2.36 bits per heavy atom. The smallest absolute Gasteiger partial charge is 0.0979 e. The molecule has 0 aromatic carbocycles. The molecule has 2 atom stereocenters. The molecule has 2 N–H and O–H groups in total. The molecule has 0 spiro atoms. The first-order valence-corrected chi connectivity index (χ1v) is 5.75. The van der Waals surface area contributed by atoms with Gasteiger partial charge in [-0.15, -0.1) is 0 Å². The first-order chi connectivity index (χ1) is 6.72. The summed E-state index contributed by atoms with van der Waals surface area (Å²) in [5, 5.41) is 19.0. The maximum Gasteiger partial charge on any atom is 0.0979 e. The normalized spacial score (nSPS) is 16.0. The third-order valence-electron chi connectivity index (χ3n) is 2.29. The van der Waals surface area contributed by atoms with Crippen molar-refractivity contribution >= 4 is 0 Å². The van der Waals surface area contributed by atoms with Crippen molar-refractivity contribution in [3.05, 3.63) is 12.2 Å². The summed E-state index contributed by atoms with van der Waals surface area (Å²) in [6.07, 6.45) is 8.40. The van der Waals surface area contributed by atoms with E-state index in [1.807, 2.05) is 6.08 Å². The minimum Gasteiger partial charge on any atom is -0.390 e. The van der Waals surface area contributed by atoms with Gasteiger partial charge in [-0.3, -0.25) is 0 Å². The first kappa shape index (κ1) is 13.7. The summed E-state index contributed by atoms with van der Waals surface area (Å²) in [6.45, 7) is 4.22. The quantitative estimate of drug-likeness (QED) is 0.467. The van der Waals surface area contributed by atoms with Crippen LogP contribution in [-0.2, 0) is 0 Å². The molecule has 0 aromatic heterocycles. The number of allylic oxidation sites excluding steroid dienone is 1. The van der Waals surface area contributed by atoms with Crippen molar-refractivity contribution in [2.45, 2.75) is 64.6 Å². The van der Waals surface area contributed by atoms with Crippen LogP contribution in [0.1, 0.15) is 52.4 Å². The van der Waals surface area contributed by atoms with Gasteiger partial charge in [-0.05, 0) is 12.8 Å². The zero-order chi connectivity index (χ0) is 10.8. The number of unbranched alkanes of at least 4 members (excludes halogenated alkanes) is 3. The summed E-state index contributed by atoms with van der Waals surface area (Å²) in [7, 11) is 0. The lowest BCUT2D eigenvalue weighted by Gasteiger charge is -2.13. The molecule has 0 rings (SSSR count). The predicted octanol–water partition coefficient (Wildman–Crippen LogP) is 2.64. The summed E-state index contributed by atoms with van der Waals surface area (Å²) < 4.78 is 0. The lowest BCUT2D eigenvalue weighted by atomic mass is 10.1. The fourth-order valence-electron chi connectivity index (χ4n) is 1.30. The van der Waals surface area contributed by atoms with Crippen LogP contribution in [0.2, 0.25) is 0 Å². The average molecular weight is 200 g/mol. The fourth-order valence-corrected chi connectivity index (χ4v) is 1.30. The molecule has 2 heteroatoms. The van der Waals surface area contributed by atoms with Crippen molar-refractivity contribution in [3.63, 3.8) is 0 Å². The molecule has 0 bridgehead atoms. The highest BCUT2D eigenvalue weighted by Gasteiger charge is 2.11. The number of hydrogen-bond acceptors (Lipinski definition) is 2. The zero-order valence-electron chi connectivity index (χ0n) is 9.45. The van der Waals surface area contributed by atoms with Gasteiger partial charge in [0.25, 0.3) is 0 Å². The molecule has 0 saturated carbocycles. The molecule has 0 heterocycles. The molecule has 0 amide bonds. The van der Waals surface area contributed by atoms with Crippen molar-refractivity contribution in [2.75, 3.05) is 0 Å². The molecule has 0 aliphatic rings. The highest BCUT2D eigenvalue weighted by Crippen LogP contribution is 2.08. The Hall–Kier alpha value is -0.340. The molecule has 2 nitrogen and oxygen atoms in total. The second-order valence-corrected chi connectivity index (χ2v) is 3.77. The summed E-state index contributed by atoms with van der Waals surface area (Å²) in [4.78, 5) is 0. The molecule has 0 aliphatic carbocycles. The maximum atomic E-state index is 9.54. The van der Waals surface area contributed by atoms with Gasteiger partial charge in [-0.25, -0.2) is 0 Å². The van der Waals surface area contributed by atoms with Crippen molar-refractivity contribution in [2.24, 2.45) is 0 Å². The van der Waals surface area contributed by atoms with E-state index in [9.17, 15) is 10.2 Å². The summed E-state index contributed by atoms with van der Waals surface area (Å²) in [5.74, 6) is 0. The van der Waals surface area contributed by atoms with Gasteiger partial charge < -0.3 is 10.2 Å². The van der Waals surface area contributed by atoms with E-state index < -0.39 is 12.2 Å².